The molecule has 0 amide bonds. The average molecular weight is 178 g/mol. The number of nitrogen functional groups attached to an aromatic ring is 1. The number of aryl methyl sites for hydroxylation is 1. The molecule has 0 radical (unpaired) electrons. The van der Waals surface area contributed by atoms with Gasteiger partial charge in [-0.3, -0.25) is 0 Å². The molecule has 1 aromatic rings. The molecule has 3 nitrogen and oxygen atoms in total. The first-order valence-corrected chi connectivity index (χ1v) is 4.47. The van der Waals surface area contributed by atoms with Crippen LogP contribution in [-0.2, 0) is 0 Å². The smallest absolute Gasteiger partial charge is 0.147 e. The Bertz CT molecular complexity index is 336. The van der Waals surface area contributed by atoms with Gasteiger partial charge in [0.15, 0.2) is 0 Å². The van der Waals surface area contributed by atoms with Gasteiger partial charge in [-0.05, 0) is 12.5 Å². The van der Waals surface area contributed by atoms with Crippen LogP contribution in [0.3, 0.4) is 0 Å². The third-order valence-corrected chi connectivity index (χ3v) is 2.52. The summed E-state index contributed by atoms with van der Waals surface area (Å²) in [5.41, 5.74) is 14.6. The maximum Gasteiger partial charge on any atom is 0.147 e. The van der Waals surface area contributed by atoms with Gasteiger partial charge in [0.25, 0.3) is 0 Å². The molecule has 70 valence electrons. The van der Waals surface area contributed by atoms with E-state index in [4.69, 9.17) is 16.2 Å². The monoisotopic (exact) mass is 178 g/mol. The van der Waals surface area contributed by atoms with E-state index in [-0.39, 0.29) is 6.04 Å². The van der Waals surface area contributed by atoms with Crippen molar-refractivity contribution in [2.24, 2.45) is 5.73 Å². The maximum atomic E-state index is 5.93. The summed E-state index contributed by atoms with van der Waals surface area (Å²) >= 11 is 0. The lowest BCUT2D eigenvalue weighted by Gasteiger charge is -2.24. The van der Waals surface area contributed by atoms with Gasteiger partial charge in [0.1, 0.15) is 5.75 Å². The van der Waals surface area contributed by atoms with Crippen LogP contribution in [0.25, 0.3) is 0 Å². The first kappa shape index (κ1) is 8.38. The molecule has 0 unspecified atom stereocenters. The molecular weight excluding hydrogens is 164 g/mol. The molecule has 1 aliphatic heterocycles. The minimum atomic E-state index is 0.0756. The lowest BCUT2D eigenvalue weighted by Crippen LogP contribution is -2.21. The zero-order valence-corrected chi connectivity index (χ0v) is 7.71. The van der Waals surface area contributed by atoms with E-state index in [0.717, 1.165) is 29.0 Å². The van der Waals surface area contributed by atoms with Crippen molar-refractivity contribution in [1.29, 1.82) is 0 Å². The van der Waals surface area contributed by atoms with Crippen LogP contribution in [0, 0.1) is 6.92 Å². The van der Waals surface area contributed by atoms with Crippen molar-refractivity contribution in [2.45, 2.75) is 19.4 Å². The van der Waals surface area contributed by atoms with Crippen LogP contribution in [0.2, 0.25) is 0 Å². The molecule has 0 aromatic heterocycles. The van der Waals surface area contributed by atoms with Gasteiger partial charge in [0.2, 0.25) is 0 Å². The fourth-order valence-electron chi connectivity index (χ4n) is 1.61. The van der Waals surface area contributed by atoms with E-state index >= 15 is 0 Å². The minimum Gasteiger partial charge on any atom is -0.491 e. The molecule has 0 spiro atoms. The zero-order valence-electron chi connectivity index (χ0n) is 7.71. The summed E-state index contributed by atoms with van der Waals surface area (Å²) in [5, 5.41) is 0. The molecule has 2 rings (SSSR count). The van der Waals surface area contributed by atoms with Crippen LogP contribution >= 0.6 is 0 Å². The number of benzene rings is 1. The highest BCUT2D eigenvalue weighted by Gasteiger charge is 2.20. The van der Waals surface area contributed by atoms with Crippen molar-refractivity contribution in [3.63, 3.8) is 0 Å². The summed E-state index contributed by atoms with van der Waals surface area (Å²) in [7, 11) is 0. The van der Waals surface area contributed by atoms with Gasteiger partial charge in [-0.25, -0.2) is 0 Å². The van der Waals surface area contributed by atoms with Crippen molar-refractivity contribution in [3.8, 4) is 5.75 Å². The summed E-state index contributed by atoms with van der Waals surface area (Å²) in [6.07, 6.45) is 0.871. The first-order valence-electron chi connectivity index (χ1n) is 4.47. The molecule has 4 N–H and O–H groups in total. The van der Waals surface area contributed by atoms with E-state index in [1.54, 1.807) is 0 Å². The third kappa shape index (κ3) is 1.25. The van der Waals surface area contributed by atoms with E-state index in [1.165, 1.54) is 0 Å². The minimum absolute atomic E-state index is 0.0756. The van der Waals surface area contributed by atoms with Crippen LogP contribution in [0.5, 0.6) is 5.75 Å². The van der Waals surface area contributed by atoms with Crippen molar-refractivity contribution >= 4 is 5.69 Å². The second-order valence-electron chi connectivity index (χ2n) is 3.46. The van der Waals surface area contributed by atoms with Crippen molar-refractivity contribution in [2.75, 3.05) is 12.3 Å². The predicted octanol–water partition coefficient (Wildman–Crippen LogP) is 1.36. The number of rotatable bonds is 0. The molecule has 13 heavy (non-hydrogen) atoms. The largest absolute Gasteiger partial charge is 0.491 e. The molecule has 0 aliphatic carbocycles. The predicted molar refractivity (Wildman–Crippen MR) is 52.6 cm³/mol. The fourth-order valence-corrected chi connectivity index (χ4v) is 1.61. The molecule has 3 heteroatoms. The Morgan fingerprint density at radius 3 is 3.00 bits per heavy atom. The highest BCUT2D eigenvalue weighted by atomic mass is 16.5. The first-order chi connectivity index (χ1) is 6.20. The summed E-state index contributed by atoms with van der Waals surface area (Å²) in [6.45, 7) is 2.64. The molecule has 1 heterocycles. The maximum absolute atomic E-state index is 5.93. The van der Waals surface area contributed by atoms with Gasteiger partial charge in [0, 0.05) is 18.0 Å². The van der Waals surface area contributed by atoms with Crippen molar-refractivity contribution < 1.29 is 4.74 Å². The Hall–Kier alpha value is -1.22. The molecule has 0 bridgehead atoms. The molecule has 1 aliphatic rings. The topological polar surface area (TPSA) is 61.3 Å². The highest BCUT2D eigenvalue weighted by Crippen LogP contribution is 2.36. The van der Waals surface area contributed by atoms with Gasteiger partial charge in [-0.2, -0.15) is 0 Å². The number of fused-ring (bicyclic) bond motifs is 1. The van der Waals surface area contributed by atoms with Gasteiger partial charge in [-0.1, -0.05) is 12.1 Å². The van der Waals surface area contributed by atoms with Crippen LogP contribution in [-0.4, -0.2) is 6.61 Å². The summed E-state index contributed by atoms with van der Waals surface area (Å²) in [6, 6.07) is 4.07. The second kappa shape index (κ2) is 2.92. The third-order valence-electron chi connectivity index (χ3n) is 2.52. The molecule has 1 aromatic carbocycles. The Balaban J connectivity index is 2.56. The van der Waals surface area contributed by atoms with Crippen molar-refractivity contribution in [1.82, 2.24) is 0 Å². The number of nitrogens with two attached hydrogens (primary N) is 2. The lowest BCUT2D eigenvalue weighted by atomic mass is 9.98. The second-order valence-corrected chi connectivity index (χ2v) is 3.46. The van der Waals surface area contributed by atoms with E-state index in [1.807, 2.05) is 19.1 Å². The Morgan fingerprint density at radius 2 is 2.23 bits per heavy atom. The van der Waals surface area contributed by atoms with Crippen LogP contribution in [0.15, 0.2) is 12.1 Å². The summed E-state index contributed by atoms with van der Waals surface area (Å²) in [4.78, 5) is 0. The molecule has 0 fully saturated rings. The highest BCUT2D eigenvalue weighted by molar-refractivity contribution is 5.62. The Kier molecular flexibility index (Phi) is 1.88. The molecule has 0 saturated carbocycles. The summed E-state index contributed by atoms with van der Waals surface area (Å²) < 4.78 is 5.50. The number of hydrogen-bond donors (Lipinski definition) is 2. The Morgan fingerprint density at radius 1 is 1.46 bits per heavy atom. The lowest BCUT2D eigenvalue weighted by molar-refractivity contribution is 0.270. The molecule has 1 atom stereocenters. The van der Waals surface area contributed by atoms with E-state index < -0.39 is 0 Å². The van der Waals surface area contributed by atoms with Crippen LogP contribution in [0.1, 0.15) is 23.6 Å². The fraction of sp³-hybridized carbons (Fsp3) is 0.400. The van der Waals surface area contributed by atoms with Gasteiger partial charge in [-0.15, -0.1) is 0 Å². The SMILES string of the molecule is Cc1ccc2c(c1N)OCC[C@@H]2N. The van der Waals surface area contributed by atoms with Gasteiger partial charge >= 0.3 is 0 Å². The Labute approximate surface area is 77.7 Å². The van der Waals surface area contributed by atoms with E-state index in [9.17, 15) is 0 Å². The van der Waals surface area contributed by atoms with Crippen LogP contribution in [0.4, 0.5) is 5.69 Å². The van der Waals surface area contributed by atoms with Gasteiger partial charge < -0.3 is 16.2 Å². The zero-order chi connectivity index (χ0) is 9.42. The number of anilines is 1. The molecule has 0 saturated heterocycles. The normalized spacial score (nSPS) is 20.6. The quantitative estimate of drug-likeness (QED) is 0.590. The number of hydrogen-bond acceptors (Lipinski definition) is 3. The van der Waals surface area contributed by atoms with Crippen molar-refractivity contribution in [3.05, 3.63) is 23.3 Å². The average Bonchev–Trinajstić information content (AvgIpc) is 2.12. The van der Waals surface area contributed by atoms with Crippen LogP contribution < -0.4 is 16.2 Å². The van der Waals surface area contributed by atoms with E-state index in [0.29, 0.717) is 6.61 Å². The van der Waals surface area contributed by atoms with E-state index in [2.05, 4.69) is 0 Å². The standard InChI is InChI=1S/C10H14N2O/c1-6-2-3-7-8(11)4-5-13-10(7)9(6)12/h2-3,8H,4-5,11-12H2,1H3/t8-/m0/s1. The molecular formula is C10H14N2O. The summed E-state index contributed by atoms with van der Waals surface area (Å²) in [5.74, 6) is 0.791. The number of ether oxygens (including phenoxy) is 1. The van der Waals surface area contributed by atoms with Gasteiger partial charge in [0.05, 0.1) is 12.3 Å².